The van der Waals surface area contributed by atoms with Gasteiger partial charge in [0.15, 0.2) is 0 Å². The van der Waals surface area contributed by atoms with Crippen LogP contribution in [-0.2, 0) is 0 Å². The molecule has 1 heterocycles. The van der Waals surface area contributed by atoms with Crippen molar-refractivity contribution in [2.75, 3.05) is 0 Å². The van der Waals surface area contributed by atoms with E-state index in [4.69, 9.17) is 0 Å². The van der Waals surface area contributed by atoms with Gasteiger partial charge in [-0.25, -0.2) is 4.98 Å². The van der Waals surface area contributed by atoms with Gasteiger partial charge in [0.1, 0.15) is 5.01 Å². The number of hydrogen-bond donors (Lipinski definition) is 0. The van der Waals surface area contributed by atoms with Gasteiger partial charge in [0.25, 0.3) is 0 Å². The number of nitrogens with zero attached hydrogens (tertiary/aromatic N) is 1. The minimum atomic E-state index is 1.09. The van der Waals surface area contributed by atoms with Gasteiger partial charge in [0, 0.05) is 9.13 Å². The molecule has 0 unspecified atom stereocenters. The highest BCUT2D eigenvalue weighted by atomic mass is 127. The third-order valence-corrected chi connectivity index (χ3v) is 4.41. The number of para-hydroxylation sites is 1. The second-order valence-electron chi connectivity index (χ2n) is 3.47. The zero-order valence-electron chi connectivity index (χ0n) is 8.35. The van der Waals surface area contributed by atoms with Crippen molar-refractivity contribution in [3.63, 3.8) is 0 Å². The molecular formula is C13H8INS. The van der Waals surface area contributed by atoms with Crippen LogP contribution >= 0.6 is 33.9 Å². The Morgan fingerprint density at radius 2 is 1.69 bits per heavy atom. The van der Waals surface area contributed by atoms with Crippen LogP contribution in [0.5, 0.6) is 0 Å². The van der Waals surface area contributed by atoms with Crippen LogP contribution in [0.1, 0.15) is 0 Å². The summed E-state index contributed by atoms with van der Waals surface area (Å²) in [6.45, 7) is 0. The van der Waals surface area contributed by atoms with Crippen LogP contribution in [0, 0.1) is 3.57 Å². The van der Waals surface area contributed by atoms with Crippen molar-refractivity contribution >= 4 is 44.1 Å². The van der Waals surface area contributed by atoms with E-state index < -0.39 is 0 Å². The number of benzene rings is 2. The van der Waals surface area contributed by atoms with Crippen LogP contribution < -0.4 is 0 Å². The molecule has 78 valence electrons. The first-order valence-corrected chi connectivity index (χ1v) is 6.84. The van der Waals surface area contributed by atoms with Crippen molar-refractivity contribution in [2.24, 2.45) is 0 Å². The molecule has 0 spiro atoms. The zero-order valence-corrected chi connectivity index (χ0v) is 11.3. The molecule has 3 rings (SSSR count). The molecule has 0 atom stereocenters. The number of thiazole rings is 1. The summed E-state index contributed by atoms with van der Waals surface area (Å²) in [5.74, 6) is 0. The highest BCUT2D eigenvalue weighted by Gasteiger charge is 2.07. The molecule has 3 aromatic rings. The number of hydrogen-bond acceptors (Lipinski definition) is 2. The summed E-state index contributed by atoms with van der Waals surface area (Å²) in [6.07, 6.45) is 0. The smallest absolute Gasteiger partial charge is 0.125 e. The van der Waals surface area contributed by atoms with Crippen LogP contribution in [0.4, 0.5) is 0 Å². The standard InChI is InChI=1S/C13H8INS/c14-10-6-2-1-5-9(10)13-15-11-7-3-4-8-12(11)16-13/h1-8H. The second-order valence-corrected chi connectivity index (χ2v) is 5.66. The van der Waals surface area contributed by atoms with Crippen LogP contribution in [0.15, 0.2) is 48.5 Å². The Kier molecular flexibility index (Phi) is 2.65. The van der Waals surface area contributed by atoms with Gasteiger partial charge < -0.3 is 0 Å². The largest absolute Gasteiger partial charge is 0.236 e. The lowest BCUT2D eigenvalue weighted by atomic mass is 10.2. The van der Waals surface area contributed by atoms with E-state index in [1.165, 1.54) is 13.8 Å². The number of fused-ring (bicyclic) bond motifs is 1. The summed E-state index contributed by atoms with van der Waals surface area (Å²) in [5, 5.41) is 1.10. The van der Waals surface area contributed by atoms with Gasteiger partial charge in [-0.15, -0.1) is 11.3 Å². The Hall–Kier alpha value is -0.940. The first-order valence-electron chi connectivity index (χ1n) is 4.95. The van der Waals surface area contributed by atoms with E-state index in [1.807, 2.05) is 6.07 Å². The molecule has 0 aliphatic rings. The van der Waals surface area contributed by atoms with E-state index >= 15 is 0 Å². The molecule has 1 aromatic heterocycles. The molecule has 0 saturated heterocycles. The summed E-state index contributed by atoms with van der Waals surface area (Å²) in [4.78, 5) is 4.66. The first kappa shape index (κ1) is 10.2. The maximum atomic E-state index is 4.66. The van der Waals surface area contributed by atoms with Gasteiger partial charge in [0.05, 0.1) is 10.2 Å². The monoisotopic (exact) mass is 337 g/mol. The molecule has 0 fully saturated rings. The average Bonchev–Trinajstić information content (AvgIpc) is 2.73. The third-order valence-electron chi connectivity index (χ3n) is 2.40. The van der Waals surface area contributed by atoms with Gasteiger partial charge in [-0.3, -0.25) is 0 Å². The molecule has 2 aromatic carbocycles. The fraction of sp³-hybridized carbons (Fsp3) is 0. The van der Waals surface area contributed by atoms with Crippen molar-refractivity contribution < 1.29 is 0 Å². The lowest BCUT2D eigenvalue weighted by Crippen LogP contribution is -1.79. The number of rotatable bonds is 1. The molecule has 0 radical (unpaired) electrons. The highest BCUT2D eigenvalue weighted by molar-refractivity contribution is 14.1. The SMILES string of the molecule is Ic1ccccc1-c1nc2ccccc2s1. The second kappa shape index (κ2) is 4.14. The van der Waals surface area contributed by atoms with Gasteiger partial charge in [-0.1, -0.05) is 30.3 Å². The normalized spacial score (nSPS) is 10.8. The molecule has 3 heteroatoms. The van der Waals surface area contributed by atoms with Crippen LogP contribution in [0.3, 0.4) is 0 Å². The Morgan fingerprint density at radius 3 is 2.50 bits per heavy atom. The summed E-state index contributed by atoms with van der Waals surface area (Å²) < 4.78 is 2.50. The molecule has 0 aliphatic heterocycles. The van der Waals surface area contributed by atoms with E-state index in [9.17, 15) is 0 Å². The van der Waals surface area contributed by atoms with E-state index in [1.54, 1.807) is 11.3 Å². The third kappa shape index (κ3) is 1.74. The summed E-state index contributed by atoms with van der Waals surface area (Å²) in [6, 6.07) is 16.6. The molecule has 1 nitrogen and oxygen atoms in total. The highest BCUT2D eigenvalue weighted by Crippen LogP contribution is 2.32. The minimum Gasteiger partial charge on any atom is -0.236 e. The molecular weight excluding hydrogens is 329 g/mol. The molecule has 0 N–H and O–H groups in total. The van der Waals surface area contributed by atoms with Crippen molar-refractivity contribution in [3.05, 3.63) is 52.1 Å². The zero-order chi connectivity index (χ0) is 11.0. The van der Waals surface area contributed by atoms with Gasteiger partial charge >= 0.3 is 0 Å². The van der Waals surface area contributed by atoms with Gasteiger partial charge in [-0.05, 0) is 40.8 Å². The Balaban J connectivity index is 2.23. The molecule has 0 bridgehead atoms. The molecule has 16 heavy (non-hydrogen) atoms. The van der Waals surface area contributed by atoms with Crippen LogP contribution in [-0.4, -0.2) is 4.98 Å². The van der Waals surface area contributed by atoms with Crippen molar-refractivity contribution in [1.29, 1.82) is 0 Å². The fourth-order valence-corrected chi connectivity index (χ4v) is 3.45. The quantitative estimate of drug-likeness (QED) is 0.593. The maximum absolute atomic E-state index is 4.66. The Bertz CT molecular complexity index is 612. The van der Waals surface area contributed by atoms with Crippen LogP contribution in [0.2, 0.25) is 0 Å². The molecule has 0 saturated carbocycles. The van der Waals surface area contributed by atoms with Gasteiger partial charge in [-0.2, -0.15) is 0 Å². The van der Waals surface area contributed by atoms with Gasteiger partial charge in [0.2, 0.25) is 0 Å². The first-order chi connectivity index (χ1) is 7.84. The van der Waals surface area contributed by atoms with E-state index in [0.29, 0.717) is 0 Å². The number of aromatic nitrogens is 1. The van der Waals surface area contributed by atoms with Crippen molar-refractivity contribution in [2.45, 2.75) is 0 Å². The summed E-state index contributed by atoms with van der Waals surface area (Å²) in [5.41, 5.74) is 2.31. The van der Waals surface area contributed by atoms with E-state index in [2.05, 4.69) is 70.0 Å². The van der Waals surface area contributed by atoms with Crippen molar-refractivity contribution in [3.8, 4) is 10.6 Å². The predicted octanol–water partition coefficient (Wildman–Crippen LogP) is 4.57. The summed E-state index contributed by atoms with van der Waals surface area (Å²) >= 11 is 4.10. The molecule has 0 aliphatic carbocycles. The number of halogens is 1. The summed E-state index contributed by atoms with van der Waals surface area (Å²) in [7, 11) is 0. The topological polar surface area (TPSA) is 12.9 Å². The molecule has 0 amide bonds. The Morgan fingerprint density at radius 1 is 0.938 bits per heavy atom. The Labute approximate surface area is 111 Å². The van der Waals surface area contributed by atoms with Crippen molar-refractivity contribution in [1.82, 2.24) is 4.98 Å². The average molecular weight is 337 g/mol. The fourth-order valence-electron chi connectivity index (χ4n) is 1.62. The lowest BCUT2D eigenvalue weighted by molar-refractivity contribution is 1.46. The van der Waals surface area contributed by atoms with Crippen LogP contribution in [0.25, 0.3) is 20.8 Å². The van der Waals surface area contributed by atoms with E-state index in [-0.39, 0.29) is 0 Å². The maximum Gasteiger partial charge on any atom is 0.125 e. The van der Waals surface area contributed by atoms with E-state index in [0.717, 1.165) is 10.5 Å². The predicted molar refractivity (Wildman–Crippen MR) is 77.8 cm³/mol. The minimum absolute atomic E-state index is 1.09. The lowest BCUT2D eigenvalue weighted by Gasteiger charge is -1.97.